The van der Waals surface area contributed by atoms with Crippen LogP contribution in [0.3, 0.4) is 0 Å². The molecule has 94 valence electrons. The van der Waals surface area contributed by atoms with Gasteiger partial charge in [-0.1, -0.05) is 0 Å². The van der Waals surface area contributed by atoms with Crippen molar-refractivity contribution in [3.8, 4) is 0 Å². The minimum atomic E-state index is -3.48. The third-order valence-corrected chi connectivity index (χ3v) is 5.15. The van der Waals surface area contributed by atoms with E-state index in [0.29, 0.717) is 10.3 Å². The number of halogens is 1. The molecule has 0 aromatic carbocycles. The van der Waals surface area contributed by atoms with Crippen molar-refractivity contribution in [2.45, 2.75) is 18.6 Å². The first-order valence-corrected chi connectivity index (χ1v) is 7.46. The average molecular weight is 321 g/mol. The molecule has 0 spiro atoms. The van der Waals surface area contributed by atoms with Gasteiger partial charge in [-0.25, -0.2) is 13.4 Å². The molecule has 17 heavy (non-hydrogen) atoms. The lowest BCUT2D eigenvalue weighted by Gasteiger charge is -2.21. The molecule has 0 unspecified atom stereocenters. The fourth-order valence-corrected chi connectivity index (χ4v) is 1.66. The molecular formula is C10H13BrN2O3S. The van der Waals surface area contributed by atoms with Crippen LogP contribution in [0.5, 0.6) is 0 Å². The predicted molar refractivity (Wildman–Crippen MR) is 69.5 cm³/mol. The third kappa shape index (κ3) is 3.04. The Kier molecular flexibility index (Phi) is 3.93. The van der Waals surface area contributed by atoms with Crippen molar-refractivity contribution in [2.24, 2.45) is 0 Å². The minimum absolute atomic E-state index is 0.439. The molecule has 1 aromatic rings. The van der Waals surface area contributed by atoms with Crippen molar-refractivity contribution in [1.29, 1.82) is 0 Å². The molecule has 1 rings (SSSR count). The van der Waals surface area contributed by atoms with Crippen molar-refractivity contribution in [3.63, 3.8) is 0 Å². The van der Waals surface area contributed by atoms with E-state index in [9.17, 15) is 13.2 Å². The van der Waals surface area contributed by atoms with E-state index in [1.54, 1.807) is 18.3 Å². The number of nitrogens with zero attached hydrogens (tertiary/aromatic N) is 1. The van der Waals surface area contributed by atoms with Crippen LogP contribution in [0.4, 0.5) is 5.69 Å². The molecule has 0 fully saturated rings. The molecule has 0 aliphatic heterocycles. The lowest BCUT2D eigenvalue weighted by molar-refractivity contribution is -0.117. The molecule has 0 saturated heterocycles. The first-order chi connectivity index (χ1) is 7.66. The number of sulfone groups is 1. The van der Waals surface area contributed by atoms with Gasteiger partial charge in [-0.3, -0.25) is 4.79 Å². The highest BCUT2D eigenvalue weighted by Crippen LogP contribution is 2.22. The van der Waals surface area contributed by atoms with Crippen LogP contribution in [0.2, 0.25) is 0 Å². The van der Waals surface area contributed by atoms with Gasteiger partial charge in [-0.05, 0) is 41.9 Å². The van der Waals surface area contributed by atoms with E-state index in [0.717, 1.165) is 6.26 Å². The van der Waals surface area contributed by atoms with Gasteiger partial charge in [0.1, 0.15) is 9.35 Å². The standard InChI is InChI=1S/C10H13BrN2O3S/c1-10(2,17(3,15)16)9(14)13-7-5-4-6-12-8(7)11/h4-6H,1-3H3,(H,13,14). The maximum absolute atomic E-state index is 11.9. The van der Waals surface area contributed by atoms with Crippen molar-refractivity contribution in [2.75, 3.05) is 11.6 Å². The molecule has 7 heteroatoms. The zero-order valence-electron chi connectivity index (χ0n) is 9.69. The largest absolute Gasteiger partial charge is 0.322 e. The summed E-state index contributed by atoms with van der Waals surface area (Å²) >= 11 is 3.17. The summed E-state index contributed by atoms with van der Waals surface area (Å²) in [4.78, 5) is 15.8. The minimum Gasteiger partial charge on any atom is -0.322 e. The number of aromatic nitrogens is 1. The van der Waals surface area contributed by atoms with Crippen LogP contribution in [-0.2, 0) is 14.6 Å². The van der Waals surface area contributed by atoms with Crippen molar-refractivity contribution in [1.82, 2.24) is 4.98 Å². The van der Waals surface area contributed by atoms with Gasteiger partial charge in [0.05, 0.1) is 5.69 Å². The number of hydrogen-bond acceptors (Lipinski definition) is 4. The Labute approximate surface area is 109 Å². The van der Waals surface area contributed by atoms with E-state index in [-0.39, 0.29) is 0 Å². The SMILES string of the molecule is CC(C)(C(=O)Nc1cccnc1Br)S(C)(=O)=O. The average Bonchev–Trinajstić information content (AvgIpc) is 2.19. The Morgan fingerprint density at radius 3 is 2.53 bits per heavy atom. The van der Waals surface area contributed by atoms with Crippen molar-refractivity contribution in [3.05, 3.63) is 22.9 Å². The van der Waals surface area contributed by atoms with Gasteiger partial charge in [-0.15, -0.1) is 0 Å². The maximum Gasteiger partial charge on any atom is 0.245 e. The van der Waals surface area contributed by atoms with Gasteiger partial charge in [0.2, 0.25) is 5.91 Å². The van der Waals surface area contributed by atoms with Crippen LogP contribution in [0.25, 0.3) is 0 Å². The second-order valence-electron chi connectivity index (χ2n) is 4.08. The Balaban J connectivity index is 2.99. The summed E-state index contributed by atoms with van der Waals surface area (Å²) in [5, 5.41) is 2.53. The number of pyridine rings is 1. The molecule has 1 N–H and O–H groups in total. The van der Waals surface area contributed by atoms with Crippen LogP contribution >= 0.6 is 15.9 Å². The van der Waals surface area contributed by atoms with Crippen molar-refractivity contribution >= 4 is 37.4 Å². The van der Waals surface area contributed by atoms with Crippen LogP contribution in [0.1, 0.15) is 13.8 Å². The van der Waals surface area contributed by atoms with Gasteiger partial charge >= 0.3 is 0 Å². The highest BCUT2D eigenvalue weighted by atomic mass is 79.9. The van der Waals surface area contributed by atoms with Gasteiger partial charge in [-0.2, -0.15) is 0 Å². The molecule has 0 atom stereocenters. The highest BCUT2D eigenvalue weighted by molar-refractivity contribution is 9.10. The topological polar surface area (TPSA) is 76.1 Å². The molecule has 1 heterocycles. The fraction of sp³-hybridized carbons (Fsp3) is 0.400. The fourth-order valence-electron chi connectivity index (χ4n) is 0.920. The van der Waals surface area contributed by atoms with E-state index in [2.05, 4.69) is 26.2 Å². The Morgan fingerprint density at radius 2 is 2.06 bits per heavy atom. The first kappa shape index (κ1) is 14.1. The number of carbonyl (C=O) groups is 1. The van der Waals surface area contributed by atoms with E-state index >= 15 is 0 Å². The van der Waals surface area contributed by atoms with E-state index in [4.69, 9.17) is 0 Å². The lowest BCUT2D eigenvalue weighted by Crippen LogP contribution is -2.43. The number of anilines is 1. The second kappa shape index (κ2) is 4.73. The summed E-state index contributed by atoms with van der Waals surface area (Å²) in [6.07, 6.45) is 2.59. The molecule has 0 saturated carbocycles. The first-order valence-electron chi connectivity index (χ1n) is 4.78. The van der Waals surface area contributed by atoms with E-state index < -0.39 is 20.5 Å². The third-order valence-electron chi connectivity index (χ3n) is 2.48. The molecule has 1 amide bonds. The number of carbonyl (C=O) groups excluding carboxylic acids is 1. The maximum atomic E-state index is 11.9. The van der Waals surface area contributed by atoms with Gasteiger partial charge < -0.3 is 5.32 Å². The summed E-state index contributed by atoms with van der Waals surface area (Å²) < 4.78 is 21.9. The normalized spacial score (nSPS) is 12.2. The summed E-state index contributed by atoms with van der Waals surface area (Å²) in [6.45, 7) is 2.73. The van der Waals surface area contributed by atoms with Crippen LogP contribution in [0, 0.1) is 0 Å². The van der Waals surface area contributed by atoms with E-state index in [1.165, 1.54) is 13.8 Å². The molecule has 0 aliphatic rings. The van der Waals surface area contributed by atoms with Gasteiger partial charge in [0.25, 0.3) is 0 Å². The Morgan fingerprint density at radius 1 is 1.47 bits per heavy atom. The van der Waals surface area contributed by atoms with Crippen LogP contribution in [0.15, 0.2) is 22.9 Å². The lowest BCUT2D eigenvalue weighted by atomic mass is 10.2. The molecular weight excluding hydrogens is 308 g/mol. The number of amides is 1. The molecule has 0 bridgehead atoms. The summed E-state index contributed by atoms with van der Waals surface area (Å²) in [5.41, 5.74) is 0.439. The molecule has 1 aromatic heterocycles. The van der Waals surface area contributed by atoms with E-state index in [1.807, 2.05) is 0 Å². The summed E-state index contributed by atoms with van der Waals surface area (Å²) in [5.74, 6) is -0.589. The number of hydrogen-bond donors (Lipinski definition) is 1. The summed E-state index contributed by atoms with van der Waals surface area (Å²) in [6, 6.07) is 3.28. The molecule has 0 aliphatic carbocycles. The summed E-state index contributed by atoms with van der Waals surface area (Å²) in [7, 11) is -3.48. The zero-order valence-corrected chi connectivity index (χ0v) is 12.1. The molecule has 0 radical (unpaired) electrons. The van der Waals surface area contributed by atoms with Gasteiger partial charge in [0, 0.05) is 12.5 Å². The van der Waals surface area contributed by atoms with Crippen molar-refractivity contribution < 1.29 is 13.2 Å². The van der Waals surface area contributed by atoms with Gasteiger partial charge in [0.15, 0.2) is 9.84 Å². The number of rotatable bonds is 3. The highest BCUT2D eigenvalue weighted by Gasteiger charge is 2.38. The Hall–Kier alpha value is -0.950. The molecule has 5 nitrogen and oxygen atoms in total. The zero-order chi connectivity index (χ0) is 13.3. The second-order valence-corrected chi connectivity index (χ2v) is 7.39. The quantitative estimate of drug-likeness (QED) is 0.858. The monoisotopic (exact) mass is 320 g/mol. The smallest absolute Gasteiger partial charge is 0.245 e. The predicted octanol–water partition coefficient (Wildman–Crippen LogP) is 1.61. The van der Waals surface area contributed by atoms with Crippen LogP contribution in [-0.4, -0.2) is 30.3 Å². The van der Waals surface area contributed by atoms with Crippen LogP contribution < -0.4 is 5.32 Å². The Bertz CT molecular complexity index is 540. The number of nitrogens with one attached hydrogen (secondary N) is 1.